The summed E-state index contributed by atoms with van der Waals surface area (Å²) in [6.07, 6.45) is 10.7. The Morgan fingerprint density at radius 1 is 1.03 bits per heavy atom. The summed E-state index contributed by atoms with van der Waals surface area (Å²) >= 11 is 1.76. The smallest absolute Gasteiger partial charge is 0.434 e. The molecule has 0 spiro atoms. The van der Waals surface area contributed by atoms with Crippen molar-refractivity contribution in [3.05, 3.63) is 66.6 Å². The van der Waals surface area contributed by atoms with Crippen LogP contribution in [0.15, 0.2) is 59.1 Å². The molecule has 152 valence electrons. The third-order valence-corrected chi connectivity index (χ3v) is 7.63. The van der Waals surface area contributed by atoms with Crippen molar-refractivity contribution in [2.45, 2.75) is 38.9 Å². The highest BCUT2D eigenvalue weighted by Crippen LogP contribution is 2.41. The van der Waals surface area contributed by atoms with Gasteiger partial charge in [0.1, 0.15) is 23.2 Å². The van der Waals surface area contributed by atoms with Crippen LogP contribution in [0.5, 0.6) is 0 Å². The fourth-order valence-corrected chi connectivity index (χ4v) is 5.30. The van der Waals surface area contributed by atoms with Gasteiger partial charge in [0.2, 0.25) is 0 Å². The van der Waals surface area contributed by atoms with Crippen molar-refractivity contribution in [3.8, 4) is 0 Å². The number of allylic oxidation sites excluding steroid dienone is 6. The summed E-state index contributed by atoms with van der Waals surface area (Å²) in [6, 6.07) is 10.6. The summed E-state index contributed by atoms with van der Waals surface area (Å²) < 4.78 is 21.7. The maximum atomic E-state index is 6.49. The molecule has 0 N–H and O–H groups in total. The molecular weight excluding hydrogens is 405 g/mol. The van der Waals surface area contributed by atoms with Crippen molar-refractivity contribution >= 4 is 60.8 Å². The molecule has 1 fully saturated rings. The molecule has 1 aliphatic heterocycles. The number of aromatic nitrogens is 1. The Morgan fingerprint density at radius 3 is 2.55 bits per heavy atom. The van der Waals surface area contributed by atoms with Gasteiger partial charge in [-0.05, 0) is 39.8 Å². The Balaban J connectivity index is 1.67. The highest BCUT2D eigenvalue weighted by Gasteiger charge is 2.53. The van der Waals surface area contributed by atoms with Gasteiger partial charge in [-0.2, -0.15) is 0 Å². The number of nitrogens with zero attached hydrogens (tertiary/aromatic N) is 1. The molecule has 0 radical (unpaired) electrons. The second kappa shape index (κ2) is 6.38. The number of thiophene rings is 1. The van der Waals surface area contributed by atoms with Crippen molar-refractivity contribution in [3.63, 3.8) is 0 Å². The molecule has 0 saturated carbocycles. The fourth-order valence-electron chi connectivity index (χ4n) is 4.14. The number of hydrogen-bond donors (Lipinski definition) is 0. The SMILES string of the molecule is CC1(C)OB(c2c3oc(C4=CC=[C+]C=C4)nc3cc3sc4ccccc4c23)OC1(C)C. The lowest BCUT2D eigenvalue weighted by Crippen LogP contribution is -2.41. The number of benzene rings is 2. The van der Waals surface area contributed by atoms with Gasteiger partial charge in [-0.25, -0.2) is 4.98 Å². The van der Waals surface area contributed by atoms with E-state index in [0.717, 1.165) is 32.2 Å². The number of rotatable bonds is 2. The van der Waals surface area contributed by atoms with Gasteiger partial charge in [0.05, 0.1) is 23.4 Å². The van der Waals surface area contributed by atoms with Crippen molar-refractivity contribution in [1.82, 2.24) is 4.98 Å². The third-order valence-electron chi connectivity index (χ3n) is 6.51. The molecule has 1 saturated heterocycles. The van der Waals surface area contributed by atoms with E-state index in [1.807, 2.05) is 24.3 Å². The largest absolute Gasteiger partial charge is 0.499 e. The average Bonchev–Trinajstić information content (AvgIpc) is 3.38. The average molecular weight is 426 g/mol. The van der Waals surface area contributed by atoms with Crippen LogP contribution in [0.1, 0.15) is 33.6 Å². The highest BCUT2D eigenvalue weighted by molar-refractivity contribution is 7.26. The number of oxazole rings is 1. The zero-order chi connectivity index (χ0) is 21.4. The van der Waals surface area contributed by atoms with Gasteiger partial charge in [0, 0.05) is 31.7 Å². The van der Waals surface area contributed by atoms with Crippen LogP contribution in [0.4, 0.5) is 0 Å². The maximum Gasteiger partial charge on any atom is 0.499 e. The van der Waals surface area contributed by atoms with E-state index in [1.54, 1.807) is 11.3 Å². The van der Waals surface area contributed by atoms with Crippen LogP contribution in [0.3, 0.4) is 0 Å². The Hall–Kier alpha value is -2.76. The first-order valence-electron chi connectivity index (χ1n) is 10.4. The molecule has 6 heteroatoms. The van der Waals surface area contributed by atoms with Crippen LogP contribution in [0.2, 0.25) is 0 Å². The van der Waals surface area contributed by atoms with Gasteiger partial charge < -0.3 is 13.7 Å². The summed E-state index contributed by atoms with van der Waals surface area (Å²) in [7, 11) is -0.542. The van der Waals surface area contributed by atoms with Crippen molar-refractivity contribution in [1.29, 1.82) is 0 Å². The standard InChI is InChI=1S/C25H21BNO3S/c1-24(2)25(3,4)30-26(29-24)21-20-16-12-8-9-13-18(16)31-19(20)14-17-22(21)28-23(27-17)15-10-6-5-7-11-15/h6-14H,1-4H3/q+1. The van der Waals surface area contributed by atoms with E-state index < -0.39 is 18.3 Å². The van der Waals surface area contributed by atoms with Gasteiger partial charge in [-0.1, -0.05) is 18.2 Å². The van der Waals surface area contributed by atoms with Crippen LogP contribution in [0.25, 0.3) is 36.8 Å². The molecule has 0 unspecified atom stereocenters. The van der Waals surface area contributed by atoms with E-state index in [9.17, 15) is 0 Å². The maximum absolute atomic E-state index is 6.49. The van der Waals surface area contributed by atoms with Crippen LogP contribution in [-0.4, -0.2) is 23.3 Å². The first-order valence-corrected chi connectivity index (χ1v) is 11.2. The molecule has 1 aliphatic carbocycles. The summed E-state index contributed by atoms with van der Waals surface area (Å²) in [5, 5.41) is 2.30. The van der Waals surface area contributed by atoms with Crippen LogP contribution in [0, 0.1) is 6.08 Å². The minimum Gasteiger partial charge on any atom is -0.434 e. The van der Waals surface area contributed by atoms with Crippen LogP contribution < -0.4 is 5.46 Å². The molecule has 2 aromatic heterocycles. The predicted molar refractivity (Wildman–Crippen MR) is 128 cm³/mol. The lowest BCUT2D eigenvalue weighted by Gasteiger charge is -2.32. The first-order chi connectivity index (χ1) is 14.8. The number of fused-ring (bicyclic) bond motifs is 4. The summed E-state index contributed by atoms with van der Waals surface area (Å²) in [5.74, 6) is 0.587. The van der Waals surface area contributed by atoms with E-state index in [2.05, 4.69) is 64.1 Å². The van der Waals surface area contributed by atoms with E-state index in [0.29, 0.717) is 5.89 Å². The van der Waals surface area contributed by atoms with Gasteiger partial charge in [-0.15, -0.1) is 11.3 Å². The lowest BCUT2D eigenvalue weighted by atomic mass is 9.75. The summed E-state index contributed by atoms with van der Waals surface area (Å²) in [4.78, 5) is 4.82. The fraction of sp³-hybridized carbons (Fsp3) is 0.240. The molecule has 0 atom stereocenters. The van der Waals surface area contributed by atoms with Gasteiger partial charge in [0.15, 0.2) is 5.58 Å². The molecule has 31 heavy (non-hydrogen) atoms. The summed E-state index contributed by atoms with van der Waals surface area (Å²) in [6.45, 7) is 8.29. The van der Waals surface area contributed by atoms with E-state index in [-0.39, 0.29) is 0 Å². The molecule has 0 bridgehead atoms. The molecule has 3 heterocycles. The Kier molecular flexibility index (Phi) is 3.90. The minimum absolute atomic E-state index is 0.448. The zero-order valence-electron chi connectivity index (χ0n) is 17.9. The van der Waals surface area contributed by atoms with Crippen LogP contribution >= 0.6 is 11.3 Å². The van der Waals surface area contributed by atoms with Gasteiger partial charge >= 0.3 is 7.12 Å². The van der Waals surface area contributed by atoms with Crippen molar-refractivity contribution < 1.29 is 13.7 Å². The third kappa shape index (κ3) is 2.76. The van der Waals surface area contributed by atoms with Crippen molar-refractivity contribution in [2.75, 3.05) is 0 Å². The lowest BCUT2D eigenvalue weighted by molar-refractivity contribution is 0.00578. The first kappa shape index (κ1) is 19.0. The normalized spacial score (nSPS) is 19.5. The predicted octanol–water partition coefficient (Wildman–Crippen LogP) is 5.81. The monoisotopic (exact) mass is 426 g/mol. The van der Waals surface area contributed by atoms with Crippen molar-refractivity contribution in [2.24, 2.45) is 0 Å². The number of hydrogen-bond acceptors (Lipinski definition) is 5. The molecule has 0 amide bonds. The van der Waals surface area contributed by atoms with Gasteiger partial charge in [0.25, 0.3) is 5.89 Å². The molecule has 2 aromatic carbocycles. The highest BCUT2D eigenvalue weighted by atomic mass is 32.1. The minimum atomic E-state index is -0.542. The van der Waals surface area contributed by atoms with E-state index in [1.165, 1.54) is 10.1 Å². The molecular formula is C25H21BNO3S+. The topological polar surface area (TPSA) is 44.5 Å². The Morgan fingerprint density at radius 2 is 1.81 bits per heavy atom. The Bertz CT molecular complexity index is 1440. The van der Waals surface area contributed by atoms with E-state index in [4.69, 9.17) is 18.7 Å². The van der Waals surface area contributed by atoms with Gasteiger partial charge in [-0.3, -0.25) is 0 Å². The second-order valence-corrected chi connectivity index (χ2v) is 10.1. The molecule has 4 nitrogen and oxygen atoms in total. The zero-order valence-corrected chi connectivity index (χ0v) is 18.7. The molecule has 6 rings (SSSR count). The molecule has 2 aliphatic rings. The Labute approximate surface area is 185 Å². The second-order valence-electron chi connectivity index (χ2n) is 9.01. The summed E-state index contributed by atoms with van der Waals surface area (Å²) in [5.41, 5.74) is 2.48. The van der Waals surface area contributed by atoms with Crippen LogP contribution in [-0.2, 0) is 9.31 Å². The van der Waals surface area contributed by atoms with E-state index >= 15 is 0 Å². The molecule has 4 aromatic rings. The quantitative estimate of drug-likeness (QED) is 0.300.